The predicted molar refractivity (Wildman–Crippen MR) is 199 cm³/mol. The van der Waals surface area contributed by atoms with Crippen LogP contribution >= 0.6 is 0 Å². The van der Waals surface area contributed by atoms with Crippen LogP contribution < -0.4 is 0 Å². The van der Waals surface area contributed by atoms with E-state index >= 15 is 0 Å². The van der Waals surface area contributed by atoms with E-state index in [1.807, 2.05) is 12.1 Å². The number of fused-ring (bicyclic) bond motifs is 8. The smallest absolute Gasteiger partial charge is 0.235 e. The molecule has 0 saturated heterocycles. The number of aromatic nitrogens is 4. The molecule has 0 atom stereocenters. The van der Waals surface area contributed by atoms with Gasteiger partial charge in [0.05, 0.1) is 39.0 Å². The van der Waals surface area contributed by atoms with Crippen LogP contribution in [0.15, 0.2) is 158 Å². The molecule has 4 heteroatoms. The lowest BCUT2D eigenvalue weighted by molar-refractivity contribution is 0.996. The Bertz CT molecular complexity index is 2990. The average Bonchev–Trinajstić information content (AvgIpc) is 3.64. The number of nitrogens with zero attached hydrogens (tertiary/aromatic N) is 4. The van der Waals surface area contributed by atoms with E-state index in [-0.39, 0.29) is 0 Å². The van der Waals surface area contributed by atoms with Gasteiger partial charge in [-0.25, -0.2) is 9.97 Å². The quantitative estimate of drug-likeness (QED) is 0.199. The van der Waals surface area contributed by atoms with Gasteiger partial charge < -0.3 is 4.40 Å². The summed E-state index contributed by atoms with van der Waals surface area (Å²) in [6.07, 6.45) is 0. The molecule has 11 aromatic rings. The highest BCUT2D eigenvalue weighted by atomic mass is 15.2. The van der Waals surface area contributed by atoms with Crippen molar-refractivity contribution in [2.45, 2.75) is 0 Å². The van der Waals surface area contributed by atoms with Crippen LogP contribution in [0.1, 0.15) is 0 Å². The van der Waals surface area contributed by atoms with Gasteiger partial charge in [0.2, 0.25) is 5.95 Å². The molecule has 7 aromatic carbocycles. The van der Waals surface area contributed by atoms with E-state index in [1.165, 1.54) is 59.6 Å². The van der Waals surface area contributed by atoms with Crippen molar-refractivity contribution in [2.75, 3.05) is 0 Å². The van der Waals surface area contributed by atoms with Gasteiger partial charge in [0.25, 0.3) is 0 Å². The molecule has 0 bridgehead atoms. The minimum absolute atomic E-state index is 0.661. The third-order valence-electron chi connectivity index (χ3n) is 10.1. The van der Waals surface area contributed by atoms with E-state index in [2.05, 4.69) is 155 Å². The molecule has 0 spiro atoms. The van der Waals surface area contributed by atoms with Crippen molar-refractivity contribution in [1.82, 2.24) is 18.9 Å². The fourth-order valence-electron chi connectivity index (χ4n) is 8.05. The molecule has 0 unspecified atom stereocenters. The molecule has 0 aliphatic rings. The van der Waals surface area contributed by atoms with Crippen molar-refractivity contribution < 1.29 is 0 Å². The topological polar surface area (TPSA) is 35.1 Å². The van der Waals surface area contributed by atoms with Crippen molar-refractivity contribution in [3.05, 3.63) is 158 Å². The van der Waals surface area contributed by atoms with Gasteiger partial charge in [-0.2, -0.15) is 0 Å². The monoisotopic (exact) mass is 610 g/mol. The molecular formula is C44H26N4. The van der Waals surface area contributed by atoms with Crippen LogP contribution in [0.5, 0.6) is 0 Å². The first-order valence-electron chi connectivity index (χ1n) is 16.4. The van der Waals surface area contributed by atoms with Gasteiger partial charge in [-0.3, -0.25) is 4.57 Å². The molecule has 4 aromatic heterocycles. The molecule has 0 fully saturated rings. The Morgan fingerprint density at radius 3 is 1.75 bits per heavy atom. The highest BCUT2D eigenvalue weighted by molar-refractivity contribution is 6.35. The van der Waals surface area contributed by atoms with Gasteiger partial charge in [0.1, 0.15) is 0 Å². The summed E-state index contributed by atoms with van der Waals surface area (Å²) in [5.41, 5.74) is 9.73. The highest BCUT2D eigenvalue weighted by Gasteiger charge is 2.25. The second-order valence-electron chi connectivity index (χ2n) is 12.6. The van der Waals surface area contributed by atoms with Crippen LogP contribution in [0.3, 0.4) is 0 Å². The average molecular weight is 611 g/mol. The molecule has 4 heterocycles. The maximum atomic E-state index is 5.30. The molecule has 0 N–H and O–H groups in total. The molecule has 0 aliphatic heterocycles. The van der Waals surface area contributed by atoms with Crippen LogP contribution in [0.25, 0.3) is 99.1 Å². The Balaban J connectivity index is 1.36. The first-order chi connectivity index (χ1) is 23.8. The zero-order chi connectivity index (χ0) is 31.3. The van der Waals surface area contributed by atoms with Crippen LogP contribution in [0.2, 0.25) is 0 Å². The molecule has 11 rings (SSSR count). The van der Waals surface area contributed by atoms with E-state index in [4.69, 9.17) is 9.97 Å². The number of benzene rings is 7. The summed E-state index contributed by atoms with van der Waals surface area (Å²) in [6.45, 7) is 0. The van der Waals surface area contributed by atoms with E-state index in [0.29, 0.717) is 5.95 Å². The highest BCUT2D eigenvalue weighted by Crippen LogP contribution is 2.46. The molecule has 0 amide bonds. The third kappa shape index (κ3) is 3.38. The number of rotatable bonds is 3. The second-order valence-corrected chi connectivity index (χ2v) is 12.6. The zero-order valence-electron chi connectivity index (χ0n) is 25.8. The van der Waals surface area contributed by atoms with Crippen LogP contribution in [-0.2, 0) is 0 Å². The normalized spacial score (nSPS) is 12.2. The lowest BCUT2D eigenvalue weighted by Crippen LogP contribution is -2.04. The van der Waals surface area contributed by atoms with Crippen LogP contribution in [0.4, 0.5) is 0 Å². The third-order valence-corrected chi connectivity index (χ3v) is 10.1. The first kappa shape index (κ1) is 25.6. The zero-order valence-corrected chi connectivity index (χ0v) is 25.8. The molecule has 0 aliphatic carbocycles. The van der Waals surface area contributed by atoms with Gasteiger partial charge >= 0.3 is 0 Å². The molecule has 0 radical (unpaired) electrons. The van der Waals surface area contributed by atoms with Crippen molar-refractivity contribution in [1.29, 1.82) is 0 Å². The van der Waals surface area contributed by atoms with Gasteiger partial charge in [-0.1, -0.05) is 127 Å². The van der Waals surface area contributed by atoms with Gasteiger partial charge in [-0.05, 0) is 46.5 Å². The fraction of sp³-hybridized carbons (Fsp3) is 0. The Kier molecular flexibility index (Phi) is 5.08. The van der Waals surface area contributed by atoms with E-state index in [9.17, 15) is 0 Å². The lowest BCUT2D eigenvalue weighted by atomic mass is 10.0. The van der Waals surface area contributed by atoms with Crippen LogP contribution in [0, 0.1) is 0 Å². The van der Waals surface area contributed by atoms with Gasteiger partial charge in [-0.15, -0.1) is 0 Å². The Hall–Kier alpha value is -6.52. The predicted octanol–water partition coefficient (Wildman–Crippen LogP) is 11.2. The van der Waals surface area contributed by atoms with Crippen molar-refractivity contribution >= 4 is 70.7 Å². The van der Waals surface area contributed by atoms with E-state index < -0.39 is 0 Å². The molecule has 48 heavy (non-hydrogen) atoms. The summed E-state index contributed by atoms with van der Waals surface area (Å²) < 4.78 is 4.77. The van der Waals surface area contributed by atoms with E-state index in [0.717, 1.165) is 33.5 Å². The fourth-order valence-corrected chi connectivity index (χ4v) is 8.05. The lowest BCUT2D eigenvalue weighted by Gasteiger charge is -2.12. The van der Waals surface area contributed by atoms with Crippen molar-refractivity contribution in [2.24, 2.45) is 0 Å². The summed E-state index contributed by atoms with van der Waals surface area (Å²) in [4.78, 5) is 10.6. The first-order valence-corrected chi connectivity index (χ1v) is 16.4. The Morgan fingerprint density at radius 2 is 0.979 bits per heavy atom. The molecular weight excluding hydrogens is 585 g/mol. The standard InChI is InChI=1S/C44H26N4/c1-3-13-28(14-4-1)34-26-35(29-15-5-2-6-16-29)46-44(45-34)48-37-21-11-19-32-31-18-9-10-20-36(31)47-38-24-22-27-12-7-8-17-30(27)40(38)33-23-25-39(48)42(41(32)37)43(33)47/h1-26H. The Labute approximate surface area is 275 Å². The minimum atomic E-state index is 0.661. The van der Waals surface area contributed by atoms with Crippen LogP contribution in [-0.4, -0.2) is 18.9 Å². The second kappa shape index (κ2) is 9.50. The molecule has 0 saturated carbocycles. The SMILES string of the molecule is c1ccc(-c2cc(-c3ccccc3)nc(-n3c4cccc5c6ccccc6n6c7ccc8ccccc8c7c7ccc3c(c54)c76)n2)cc1. The summed E-state index contributed by atoms with van der Waals surface area (Å²) in [7, 11) is 0. The Morgan fingerprint density at radius 1 is 0.375 bits per heavy atom. The van der Waals surface area contributed by atoms with Gasteiger partial charge in [0.15, 0.2) is 0 Å². The summed E-state index contributed by atoms with van der Waals surface area (Å²) in [5.74, 6) is 0.661. The number of hydrogen-bond acceptors (Lipinski definition) is 2. The summed E-state index contributed by atoms with van der Waals surface area (Å²) in [6, 6.07) is 56.3. The summed E-state index contributed by atoms with van der Waals surface area (Å²) >= 11 is 0. The molecule has 222 valence electrons. The van der Waals surface area contributed by atoms with Gasteiger partial charge in [0, 0.05) is 38.1 Å². The van der Waals surface area contributed by atoms with E-state index in [1.54, 1.807) is 0 Å². The summed E-state index contributed by atoms with van der Waals surface area (Å²) in [5, 5.41) is 9.95. The maximum Gasteiger partial charge on any atom is 0.235 e. The maximum absolute atomic E-state index is 5.30. The van der Waals surface area contributed by atoms with Crippen molar-refractivity contribution in [3.63, 3.8) is 0 Å². The molecule has 4 nitrogen and oxygen atoms in total. The van der Waals surface area contributed by atoms with Crippen molar-refractivity contribution in [3.8, 4) is 28.5 Å². The largest absolute Gasteiger partial charge is 0.308 e. The number of hydrogen-bond donors (Lipinski definition) is 0. The number of para-hydroxylation sites is 1. The minimum Gasteiger partial charge on any atom is -0.308 e.